The van der Waals surface area contributed by atoms with Gasteiger partial charge in [-0.3, -0.25) is 16.0 Å². The molecule has 3 N–H and O–H groups in total. The minimum Gasteiger partial charge on any atom is -0.375 e. The minimum atomic E-state index is 0.167. The van der Waals surface area contributed by atoms with Gasteiger partial charge in [0.2, 0.25) is 0 Å². The molecule has 100 valence electrons. The lowest BCUT2D eigenvalue weighted by atomic mass is 9.70. The molecule has 3 rings (SSSR count). The first-order valence-electron chi connectivity index (χ1n) is 6.81. The van der Waals surface area contributed by atoms with Gasteiger partial charge in [0.05, 0.1) is 17.8 Å². The zero-order valence-corrected chi connectivity index (χ0v) is 10.9. The van der Waals surface area contributed by atoms with Gasteiger partial charge in [-0.1, -0.05) is 0 Å². The smallest absolute Gasteiger partial charge is 0.0686 e. The second kappa shape index (κ2) is 4.64. The molecule has 5 heteroatoms. The van der Waals surface area contributed by atoms with Crippen LogP contribution in [0.5, 0.6) is 0 Å². The topological polar surface area (TPSA) is 65.1 Å². The van der Waals surface area contributed by atoms with Crippen molar-refractivity contribution >= 4 is 0 Å². The van der Waals surface area contributed by atoms with Crippen molar-refractivity contribution in [1.82, 2.24) is 15.2 Å². The van der Waals surface area contributed by atoms with Crippen molar-refractivity contribution in [2.75, 3.05) is 6.61 Å². The van der Waals surface area contributed by atoms with E-state index in [1.807, 2.05) is 24.1 Å². The van der Waals surface area contributed by atoms with E-state index in [0.717, 1.165) is 19.4 Å². The number of nitrogens with zero attached hydrogens (tertiary/aromatic N) is 2. The molecule has 5 nitrogen and oxygen atoms in total. The zero-order chi connectivity index (χ0) is 12.6. The largest absolute Gasteiger partial charge is 0.375 e. The van der Waals surface area contributed by atoms with Gasteiger partial charge in [-0.2, -0.15) is 5.10 Å². The highest BCUT2D eigenvalue weighted by Crippen LogP contribution is 2.46. The molecule has 0 aromatic carbocycles. The Morgan fingerprint density at radius 1 is 1.61 bits per heavy atom. The summed E-state index contributed by atoms with van der Waals surface area (Å²) in [5, 5.41) is 4.24. The number of aryl methyl sites for hydroxylation is 1. The molecule has 2 unspecified atom stereocenters. The SMILES string of the molecule is Cn1cc(C(NN)C2CCOC3(CCC3)C2)cn1. The minimum absolute atomic E-state index is 0.167. The summed E-state index contributed by atoms with van der Waals surface area (Å²) < 4.78 is 7.81. The fraction of sp³-hybridized carbons (Fsp3) is 0.769. The first-order chi connectivity index (χ1) is 8.72. The molecule has 18 heavy (non-hydrogen) atoms. The molecular weight excluding hydrogens is 228 g/mol. The van der Waals surface area contributed by atoms with Crippen molar-refractivity contribution in [1.29, 1.82) is 0 Å². The molecule has 1 aliphatic heterocycles. The van der Waals surface area contributed by atoms with Crippen molar-refractivity contribution in [2.24, 2.45) is 18.8 Å². The summed E-state index contributed by atoms with van der Waals surface area (Å²) in [7, 11) is 1.94. The summed E-state index contributed by atoms with van der Waals surface area (Å²) in [6.45, 7) is 0.864. The third-order valence-corrected chi connectivity index (χ3v) is 4.53. The van der Waals surface area contributed by atoms with Crippen LogP contribution in [0.3, 0.4) is 0 Å². The predicted octanol–water partition coefficient (Wildman–Crippen LogP) is 1.27. The Morgan fingerprint density at radius 3 is 3.00 bits per heavy atom. The Hall–Kier alpha value is -0.910. The maximum absolute atomic E-state index is 5.98. The maximum Gasteiger partial charge on any atom is 0.0686 e. The van der Waals surface area contributed by atoms with Gasteiger partial charge in [0.25, 0.3) is 0 Å². The van der Waals surface area contributed by atoms with Crippen molar-refractivity contribution < 1.29 is 4.74 Å². The van der Waals surface area contributed by atoms with E-state index in [1.54, 1.807) is 0 Å². The summed E-state index contributed by atoms with van der Waals surface area (Å²) in [6.07, 6.45) is 9.89. The van der Waals surface area contributed by atoms with Gasteiger partial charge in [0.15, 0.2) is 0 Å². The second-order valence-corrected chi connectivity index (χ2v) is 5.73. The fourth-order valence-corrected chi connectivity index (χ4v) is 3.37. The number of ether oxygens (including phenoxy) is 1. The fourth-order valence-electron chi connectivity index (χ4n) is 3.37. The van der Waals surface area contributed by atoms with Crippen molar-refractivity contribution in [2.45, 2.75) is 43.7 Å². The Labute approximate surface area is 108 Å². The molecule has 2 aliphatic rings. The number of nitrogens with two attached hydrogens (primary N) is 1. The summed E-state index contributed by atoms with van der Waals surface area (Å²) in [5.74, 6) is 6.31. The van der Waals surface area contributed by atoms with Crippen LogP contribution in [0.25, 0.3) is 0 Å². The summed E-state index contributed by atoms with van der Waals surface area (Å²) >= 11 is 0. The number of hydrogen-bond donors (Lipinski definition) is 2. The molecule has 1 spiro atoms. The van der Waals surface area contributed by atoms with Gasteiger partial charge < -0.3 is 4.74 Å². The lowest BCUT2D eigenvalue weighted by Gasteiger charge is -2.48. The third-order valence-electron chi connectivity index (χ3n) is 4.53. The summed E-state index contributed by atoms with van der Waals surface area (Å²) in [5.41, 5.74) is 4.33. The highest BCUT2D eigenvalue weighted by Gasteiger charge is 2.44. The Morgan fingerprint density at radius 2 is 2.44 bits per heavy atom. The molecule has 1 saturated carbocycles. The number of nitrogens with one attached hydrogen (secondary N) is 1. The van der Waals surface area contributed by atoms with Crippen LogP contribution >= 0.6 is 0 Å². The van der Waals surface area contributed by atoms with Gasteiger partial charge in [-0.25, -0.2) is 0 Å². The monoisotopic (exact) mass is 250 g/mol. The van der Waals surface area contributed by atoms with Crippen LogP contribution < -0.4 is 11.3 Å². The molecule has 0 bridgehead atoms. The van der Waals surface area contributed by atoms with Crippen molar-refractivity contribution in [3.63, 3.8) is 0 Å². The number of rotatable bonds is 3. The van der Waals surface area contributed by atoms with E-state index in [-0.39, 0.29) is 11.6 Å². The maximum atomic E-state index is 5.98. The van der Waals surface area contributed by atoms with Crippen LogP contribution in [0.2, 0.25) is 0 Å². The number of hydrazine groups is 1. The van der Waals surface area contributed by atoms with E-state index in [4.69, 9.17) is 10.6 Å². The highest BCUT2D eigenvalue weighted by molar-refractivity contribution is 5.13. The molecule has 1 aliphatic carbocycles. The molecule has 2 heterocycles. The van der Waals surface area contributed by atoms with Crippen LogP contribution in [0.4, 0.5) is 0 Å². The third kappa shape index (κ3) is 2.06. The van der Waals surface area contributed by atoms with E-state index < -0.39 is 0 Å². The van der Waals surface area contributed by atoms with Crippen LogP contribution in [0.15, 0.2) is 12.4 Å². The standard InChI is InChI=1S/C13H22N4O/c1-17-9-11(8-15-17)12(16-14)10-3-6-18-13(7-10)4-2-5-13/h8-10,12,16H,2-7,14H2,1H3. The molecule has 0 radical (unpaired) electrons. The molecular formula is C13H22N4O. The molecule has 2 atom stereocenters. The van der Waals surface area contributed by atoms with Crippen LogP contribution in [0, 0.1) is 5.92 Å². The van der Waals surface area contributed by atoms with E-state index >= 15 is 0 Å². The van der Waals surface area contributed by atoms with Crippen LogP contribution in [-0.4, -0.2) is 22.0 Å². The lowest BCUT2D eigenvalue weighted by molar-refractivity contribution is -0.147. The summed E-state index contributed by atoms with van der Waals surface area (Å²) in [6, 6.07) is 0.195. The van der Waals surface area contributed by atoms with Crippen molar-refractivity contribution in [3.8, 4) is 0 Å². The Bertz CT molecular complexity index is 413. The zero-order valence-electron chi connectivity index (χ0n) is 10.9. The molecule has 0 amide bonds. The molecule has 2 fully saturated rings. The summed E-state index contributed by atoms with van der Waals surface area (Å²) in [4.78, 5) is 0. The Balaban J connectivity index is 1.75. The van der Waals surface area contributed by atoms with E-state index in [0.29, 0.717) is 5.92 Å². The molecule has 1 saturated heterocycles. The van der Waals surface area contributed by atoms with Gasteiger partial charge in [0, 0.05) is 25.4 Å². The highest BCUT2D eigenvalue weighted by atomic mass is 16.5. The molecule has 1 aromatic rings. The number of aromatic nitrogens is 2. The lowest BCUT2D eigenvalue weighted by Crippen LogP contribution is -2.48. The molecule has 1 aromatic heterocycles. The second-order valence-electron chi connectivity index (χ2n) is 5.73. The average molecular weight is 250 g/mol. The van der Waals surface area contributed by atoms with E-state index in [1.165, 1.54) is 24.8 Å². The van der Waals surface area contributed by atoms with Crippen LogP contribution in [-0.2, 0) is 11.8 Å². The predicted molar refractivity (Wildman–Crippen MR) is 68.5 cm³/mol. The average Bonchev–Trinajstić information content (AvgIpc) is 2.75. The normalized spacial score (nSPS) is 28.0. The van der Waals surface area contributed by atoms with Gasteiger partial charge in [-0.15, -0.1) is 0 Å². The van der Waals surface area contributed by atoms with E-state index in [2.05, 4.69) is 10.5 Å². The Kier molecular flexibility index (Phi) is 3.13. The van der Waals surface area contributed by atoms with Gasteiger partial charge in [0.1, 0.15) is 0 Å². The first-order valence-corrected chi connectivity index (χ1v) is 6.81. The van der Waals surface area contributed by atoms with Crippen LogP contribution in [0.1, 0.15) is 43.7 Å². The first kappa shape index (κ1) is 12.1. The van der Waals surface area contributed by atoms with Gasteiger partial charge >= 0.3 is 0 Å². The quantitative estimate of drug-likeness (QED) is 0.626. The van der Waals surface area contributed by atoms with E-state index in [9.17, 15) is 0 Å². The van der Waals surface area contributed by atoms with Gasteiger partial charge in [-0.05, 0) is 38.0 Å². The number of hydrogen-bond acceptors (Lipinski definition) is 4. The van der Waals surface area contributed by atoms with Crippen molar-refractivity contribution in [3.05, 3.63) is 18.0 Å².